The summed E-state index contributed by atoms with van der Waals surface area (Å²) in [6.45, 7) is 0. The Kier molecular flexibility index (Phi) is 9.17. The standard InChI is InChI=1S/2C8H8O4.Mg/c2*1-12-5-2-3-6(8(10)11)7(9)4-5;/h2*2-4,9H,1H3,(H,10,11);/q;;+2/p-2. The Morgan fingerprint density at radius 1 is 0.800 bits per heavy atom. The average molecular weight is 359 g/mol. The molecular weight excluding hydrogens is 344 g/mol. The van der Waals surface area contributed by atoms with Crippen molar-refractivity contribution in [3.05, 3.63) is 47.5 Å². The molecule has 0 aliphatic carbocycles. The SMILES string of the molecule is COc1ccc(C(=O)[O-])c(O)c1.COc1ccc(C(=O)[O-])c(O)c1.[Mg+2]. The van der Waals surface area contributed by atoms with Crippen LogP contribution >= 0.6 is 0 Å². The molecule has 2 rings (SSSR count). The summed E-state index contributed by atoms with van der Waals surface area (Å²) in [7, 11) is 2.85. The molecule has 0 saturated heterocycles. The molecule has 0 aromatic heterocycles. The zero-order chi connectivity index (χ0) is 18.3. The summed E-state index contributed by atoms with van der Waals surface area (Å²) in [5.41, 5.74) is -0.480. The van der Waals surface area contributed by atoms with Crippen LogP contribution in [0.4, 0.5) is 0 Å². The monoisotopic (exact) mass is 358 g/mol. The first-order chi connectivity index (χ1) is 11.3. The van der Waals surface area contributed by atoms with E-state index in [1.807, 2.05) is 0 Å². The maximum absolute atomic E-state index is 10.3. The Morgan fingerprint density at radius 3 is 1.32 bits per heavy atom. The number of ether oxygens (including phenoxy) is 2. The van der Waals surface area contributed by atoms with Gasteiger partial charge in [0.2, 0.25) is 0 Å². The number of carbonyl (C=O) groups is 2. The minimum atomic E-state index is -1.41. The number of phenols is 2. The first kappa shape index (κ1) is 22.3. The molecule has 2 N–H and O–H groups in total. The van der Waals surface area contributed by atoms with Crippen molar-refractivity contribution in [2.45, 2.75) is 0 Å². The van der Waals surface area contributed by atoms with E-state index in [2.05, 4.69) is 0 Å². The summed E-state index contributed by atoms with van der Waals surface area (Å²) in [6.07, 6.45) is 0. The summed E-state index contributed by atoms with van der Waals surface area (Å²) in [4.78, 5) is 20.6. The normalized spacial score (nSPS) is 9.04. The summed E-state index contributed by atoms with van der Waals surface area (Å²) in [5, 5.41) is 38.8. The molecule has 0 bridgehead atoms. The number of rotatable bonds is 4. The number of methoxy groups -OCH3 is 2. The van der Waals surface area contributed by atoms with Gasteiger partial charge in [0.25, 0.3) is 0 Å². The van der Waals surface area contributed by atoms with Crippen molar-refractivity contribution < 1.29 is 39.5 Å². The van der Waals surface area contributed by atoms with Gasteiger partial charge < -0.3 is 39.5 Å². The fraction of sp³-hybridized carbons (Fsp3) is 0.125. The number of carbonyl (C=O) groups excluding carboxylic acids is 2. The first-order valence-electron chi connectivity index (χ1n) is 6.46. The van der Waals surface area contributed by atoms with Gasteiger partial charge >= 0.3 is 23.1 Å². The fourth-order valence-corrected chi connectivity index (χ4v) is 1.62. The number of hydrogen-bond acceptors (Lipinski definition) is 8. The molecule has 2 aromatic rings. The van der Waals surface area contributed by atoms with Crippen molar-refractivity contribution >= 4 is 35.0 Å². The number of carboxylic acids is 2. The predicted octanol–water partition coefficient (Wildman–Crippen LogP) is -0.852. The van der Waals surface area contributed by atoms with E-state index in [0.29, 0.717) is 11.5 Å². The van der Waals surface area contributed by atoms with E-state index >= 15 is 0 Å². The topological polar surface area (TPSA) is 139 Å². The van der Waals surface area contributed by atoms with Gasteiger partial charge in [0.1, 0.15) is 23.0 Å². The molecule has 9 heteroatoms. The van der Waals surface area contributed by atoms with Crippen molar-refractivity contribution in [1.29, 1.82) is 0 Å². The van der Waals surface area contributed by atoms with Gasteiger partial charge in [-0.25, -0.2) is 0 Å². The van der Waals surface area contributed by atoms with Gasteiger partial charge in [0, 0.05) is 23.3 Å². The maximum Gasteiger partial charge on any atom is 2.00 e. The molecular formula is C16H14MgO8. The first-order valence-corrected chi connectivity index (χ1v) is 6.46. The molecule has 2 aromatic carbocycles. The Bertz CT molecular complexity index is 681. The van der Waals surface area contributed by atoms with Crippen LogP contribution in [0, 0.1) is 0 Å². The number of aromatic carboxylic acids is 2. The zero-order valence-electron chi connectivity index (χ0n) is 13.5. The van der Waals surface area contributed by atoms with Crippen LogP contribution in [0.25, 0.3) is 0 Å². The van der Waals surface area contributed by atoms with Crippen LogP contribution in [0.2, 0.25) is 0 Å². The largest absolute Gasteiger partial charge is 2.00 e. The van der Waals surface area contributed by atoms with Gasteiger partial charge in [-0.2, -0.15) is 0 Å². The van der Waals surface area contributed by atoms with E-state index in [9.17, 15) is 19.8 Å². The molecule has 0 spiro atoms. The summed E-state index contributed by atoms with van der Waals surface area (Å²) < 4.78 is 9.51. The molecule has 0 radical (unpaired) electrons. The van der Waals surface area contributed by atoms with Gasteiger partial charge in [-0.1, -0.05) is 0 Å². The Labute approximate surface area is 159 Å². The van der Waals surface area contributed by atoms with Crippen molar-refractivity contribution in [3.63, 3.8) is 0 Å². The van der Waals surface area contributed by atoms with Gasteiger partial charge in [-0.05, 0) is 24.3 Å². The molecule has 0 fully saturated rings. The van der Waals surface area contributed by atoms with Gasteiger partial charge in [-0.3, -0.25) is 0 Å². The maximum atomic E-state index is 10.3. The van der Waals surface area contributed by atoms with Gasteiger partial charge in [0.15, 0.2) is 0 Å². The van der Waals surface area contributed by atoms with Crippen LogP contribution in [0.15, 0.2) is 36.4 Å². The summed E-state index contributed by atoms with van der Waals surface area (Å²) >= 11 is 0. The van der Waals surface area contributed by atoms with Crippen molar-refractivity contribution in [1.82, 2.24) is 0 Å². The molecule has 25 heavy (non-hydrogen) atoms. The van der Waals surface area contributed by atoms with E-state index in [1.54, 1.807) is 0 Å². The molecule has 8 nitrogen and oxygen atoms in total. The molecule has 0 aliphatic heterocycles. The van der Waals surface area contributed by atoms with Crippen LogP contribution in [0.3, 0.4) is 0 Å². The smallest absolute Gasteiger partial charge is 0.545 e. The second-order valence-corrected chi connectivity index (χ2v) is 4.34. The van der Waals surface area contributed by atoms with E-state index in [4.69, 9.17) is 19.7 Å². The zero-order valence-corrected chi connectivity index (χ0v) is 14.9. The second kappa shape index (κ2) is 10.3. The van der Waals surface area contributed by atoms with Crippen LogP contribution < -0.4 is 19.7 Å². The van der Waals surface area contributed by atoms with Crippen LogP contribution in [0.5, 0.6) is 23.0 Å². The van der Waals surface area contributed by atoms with Crippen LogP contribution in [0.1, 0.15) is 20.7 Å². The Hall–Kier alpha value is -2.65. The molecule has 0 atom stereocenters. The summed E-state index contributed by atoms with van der Waals surface area (Å²) in [6, 6.07) is 7.75. The van der Waals surface area contributed by atoms with Gasteiger partial charge in [0.05, 0.1) is 26.2 Å². The molecule has 0 unspecified atom stereocenters. The number of benzene rings is 2. The fourth-order valence-electron chi connectivity index (χ4n) is 1.62. The molecule has 0 amide bonds. The Balaban J connectivity index is 0.000000443. The quantitative estimate of drug-likeness (QED) is 0.674. The second-order valence-electron chi connectivity index (χ2n) is 4.34. The predicted molar refractivity (Wildman–Crippen MR) is 83.7 cm³/mol. The number of hydrogen-bond donors (Lipinski definition) is 2. The van der Waals surface area contributed by atoms with Crippen LogP contribution in [-0.2, 0) is 0 Å². The molecule has 128 valence electrons. The van der Waals surface area contributed by atoms with E-state index in [0.717, 1.165) is 0 Å². The number of aromatic hydroxyl groups is 2. The van der Waals surface area contributed by atoms with Crippen molar-refractivity contribution in [2.75, 3.05) is 14.2 Å². The minimum Gasteiger partial charge on any atom is -0.545 e. The van der Waals surface area contributed by atoms with E-state index in [1.165, 1.54) is 50.6 Å². The minimum absolute atomic E-state index is 0. The van der Waals surface area contributed by atoms with Crippen LogP contribution in [-0.4, -0.2) is 59.4 Å². The third kappa shape index (κ3) is 6.39. The molecule has 0 heterocycles. The van der Waals surface area contributed by atoms with Gasteiger partial charge in [-0.15, -0.1) is 0 Å². The van der Waals surface area contributed by atoms with E-state index in [-0.39, 0.29) is 45.7 Å². The third-order valence-electron chi connectivity index (χ3n) is 2.85. The van der Waals surface area contributed by atoms with E-state index < -0.39 is 11.9 Å². The number of carboxylic acid groups (broad SMARTS) is 2. The molecule has 0 saturated carbocycles. The van der Waals surface area contributed by atoms with Crippen molar-refractivity contribution in [2.24, 2.45) is 0 Å². The summed E-state index contributed by atoms with van der Waals surface area (Å²) in [5.74, 6) is -2.72. The Morgan fingerprint density at radius 2 is 1.12 bits per heavy atom. The average Bonchev–Trinajstić information content (AvgIpc) is 2.54. The molecule has 0 aliphatic rings. The third-order valence-corrected chi connectivity index (χ3v) is 2.85. The van der Waals surface area contributed by atoms with Crippen molar-refractivity contribution in [3.8, 4) is 23.0 Å².